The van der Waals surface area contributed by atoms with E-state index in [0.29, 0.717) is 12.8 Å². The van der Waals surface area contributed by atoms with Crippen molar-refractivity contribution >= 4 is 9.84 Å². The van der Waals surface area contributed by atoms with Crippen molar-refractivity contribution in [2.75, 3.05) is 18.6 Å². The molecule has 0 amide bonds. The van der Waals surface area contributed by atoms with Gasteiger partial charge in [-0.1, -0.05) is 0 Å². The van der Waals surface area contributed by atoms with Crippen molar-refractivity contribution in [1.29, 1.82) is 0 Å². The summed E-state index contributed by atoms with van der Waals surface area (Å²) < 4.78 is 27.8. The molecule has 1 saturated heterocycles. The molecule has 1 aliphatic heterocycles. The quantitative estimate of drug-likeness (QED) is 0.790. The van der Waals surface area contributed by atoms with E-state index in [1.54, 1.807) is 7.11 Å². The third-order valence-corrected chi connectivity index (χ3v) is 5.20. The molecule has 2 unspecified atom stereocenters. The Hall–Kier alpha value is -0.130. The summed E-state index contributed by atoms with van der Waals surface area (Å²) in [5, 5.41) is 9.92. The number of aliphatic hydroxyl groups is 1. The number of hydrogen-bond acceptors (Lipinski definition) is 4. The van der Waals surface area contributed by atoms with Gasteiger partial charge in [-0.3, -0.25) is 0 Å². The second-order valence-electron chi connectivity index (χ2n) is 5.23. The fourth-order valence-corrected chi connectivity index (χ4v) is 3.83. The SMILES string of the molecule is COC(C)(C)CCC(O)C1CCS(=O)(=O)C1. The molecule has 0 aromatic rings. The second kappa shape index (κ2) is 5.02. The van der Waals surface area contributed by atoms with Gasteiger partial charge in [0.1, 0.15) is 0 Å². The molecule has 1 rings (SSSR count). The summed E-state index contributed by atoms with van der Waals surface area (Å²) in [6.07, 6.45) is 1.41. The molecule has 0 aromatic carbocycles. The van der Waals surface area contributed by atoms with Crippen LogP contribution in [0.1, 0.15) is 33.1 Å². The molecule has 4 nitrogen and oxygen atoms in total. The Kier molecular flexibility index (Phi) is 4.37. The van der Waals surface area contributed by atoms with Crippen LogP contribution in [0.15, 0.2) is 0 Å². The van der Waals surface area contributed by atoms with Gasteiger partial charge in [-0.2, -0.15) is 0 Å². The Morgan fingerprint density at radius 1 is 1.50 bits per heavy atom. The first-order valence-corrected chi connectivity index (χ1v) is 7.51. The molecule has 5 heteroatoms. The van der Waals surface area contributed by atoms with Crippen LogP contribution in [-0.4, -0.2) is 43.8 Å². The second-order valence-corrected chi connectivity index (χ2v) is 7.46. The fourth-order valence-electron chi connectivity index (χ4n) is 1.96. The van der Waals surface area contributed by atoms with E-state index in [2.05, 4.69) is 0 Å². The lowest BCUT2D eigenvalue weighted by atomic mass is 9.93. The summed E-state index contributed by atoms with van der Waals surface area (Å²) >= 11 is 0. The molecule has 1 fully saturated rings. The minimum Gasteiger partial charge on any atom is -0.393 e. The highest BCUT2D eigenvalue weighted by Crippen LogP contribution is 2.26. The third-order valence-electron chi connectivity index (χ3n) is 3.41. The van der Waals surface area contributed by atoms with Gasteiger partial charge in [-0.25, -0.2) is 8.42 Å². The molecule has 96 valence electrons. The number of rotatable bonds is 5. The van der Waals surface area contributed by atoms with E-state index in [0.717, 1.165) is 6.42 Å². The van der Waals surface area contributed by atoms with Crippen LogP contribution in [0.2, 0.25) is 0 Å². The van der Waals surface area contributed by atoms with Crippen LogP contribution in [0.5, 0.6) is 0 Å². The minimum atomic E-state index is -2.89. The van der Waals surface area contributed by atoms with Crippen LogP contribution in [0, 0.1) is 5.92 Å². The first kappa shape index (κ1) is 13.9. The average molecular weight is 250 g/mol. The lowest BCUT2D eigenvalue weighted by Gasteiger charge is -2.25. The molecule has 1 heterocycles. The maximum absolute atomic E-state index is 11.3. The monoisotopic (exact) mass is 250 g/mol. The van der Waals surface area contributed by atoms with E-state index in [9.17, 15) is 13.5 Å². The predicted octanol–water partition coefficient (Wildman–Crippen LogP) is 0.987. The Morgan fingerprint density at radius 2 is 2.12 bits per heavy atom. The van der Waals surface area contributed by atoms with Gasteiger partial charge in [0.25, 0.3) is 0 Å². The van der Waals surface area contributed by atoms with E-state index in [-0.39, 0.29) is 23.0 Å². The largest absolute Gasteiger partial charge is 0.393 e. The highest BCUT2D eigenvalue weighted by molar-refractivity contribution is 7.91. The summed E-state index contributed by atoms with van der Waals surface area (Å²) in [6, 6.07) is 0. The first-order chi connectivity index (χ1) is 7.26. The number of hydrogen-bond donors (Lipinski definition) is 1. The zero-order valence-electron chi connectivity index (χ0n) is 10.3. The smallest absolute Gasteiger partial charge is 0.150 e. The topological polar surface area (TPSA) is 63.6 Å². The van der Waals surface area contributed by atoms with Gasteiger partial charge in [0.2, 0.25) is 0 Å². The average Bonchev–Trinajstić information content (AvgIpc) is 2.55. The summed E-state index contributed by atoms with van der Waals surface area (Å²) in [5.41, 5.74) is -0.252. The zero-order valence-corrected chi connectivity index (χ0v) is 11.1. The van der Waals surface area contributed by atoms with Crippen molar-refractivity contribution in [3.05, 3.63) is 0 Å². The molecule has 0 saturated carbocycles. The lowest BCUT2D eigenvalue weighted by molar-refractivity contribution is -0.00251. The normalized spacial score (nSPS) is 26.9. The van der Waals surface area contributed by atoms with Gasteiger partial charge in [-0.05, 0) is 39.0 Å². The van der Waals surface area contributed by atoms with Gasteiger partial charge in [0.15, 0.2) is 9.84 Å². The predicted molar refractivity (Wildman–Crippen MR) is 63.1 cm³/mol. The number of ether oxygens (including phenoxy) is 1. The van der Waals surface area contributed by atoms with Crippen molar-refractivity contribution in [2.24, 2.45) is 5.92 Å². The standard InChI is InChI=1S/C11H22O4S/c1-11(2,15-3)6-4-10(12)9-5-7-16(13,14)8-9/h9-10,12H,4-8H2,1-3H3. The maximum Gasteiger partial charge on any atom is 0.150 e. The molecular formula is C11H22O4S. The van der Waals surface area contributed by atoms with Crippen LogP contribution in [0.4, 0.5) is 0 Å². The van der Waals surface area contributed by atoms with Gasteiger partial charge in [0.05, 0.1) is 23.2 Å². The van der Waals surface area contributed by atoms with Crippen molar-refractivity contribution in [3.8, 4) is 0 Å². The van der Waals surface area contributed by atoms with E-state index < -0.39 is 15.9 Å². The van der Waals surface area contributed by atoms with Crippen molar-refractivity contribution < 1.29 is 18.3 Å². The molecule has 0 bridgehead atoms. The Labute approximate surface area is 97.9 Å². The third kappa shape index (κ3) is 4.03. The minimum absolute atomic E-state index is 0.0855. The van der Waals surface area contributed by atoms with Crippen LogP contribution in [0.25, 0.3) is 0 Å². The molecule has 2 atom stereocenters. The highest BCUT2D eigenvalue weighted by atomic mass is 32.2. The molecule has 0 aliphatic carbocycles. The van der Waals surface area contributed by atoms with Crippen LogP contribution in [0.3, 0.4) is 0 Å². The molecule has 0 spiro atoms. The molecular weight excluding hydrogens is 228 g/mol. The number of aliphatic hydroxyl groups excluding tert-OH is 1. The van der Waals surface area contributed by atoms with Gasteiger partial charge < -0.3 is 9.84 Å². The molecule has 16 heavy (non-hydrogen) atoms. The summed E-state index contributed by atoms with van der Waals surface area (Å²) in [6.45, 7) is 3.93. The van der Waals surface area contributed by atoms with E-state index in [1.807, 2.05) is 13.8 Å². The molecule has 0 aromatic heterocycles. The van der Waals surface area contributed by atoms with Crippen molar-refractivity contribution in [2.45, 2.75) is 44.8 Å². The Morgan fingerprint density at radius 3 is 2.56 bits per heavy atom. The Bertz CT molecular complexity index is 321. The molecule has 0 radical (unpaired) electrons. The van der Waals surface area contributed by atoms with Crippen LogP contribution in [-0.2, 0) is 14.6 Å². The van der Waals surface area contributed by atoms with E-state index in [4.69, 9.17) is 4.74 Å². The summed E-state index contributed by atoms with van der Waals surface area (Å²) in [7, 11) is -1.25. The van der Waals surface area contributed by atoms with Crippen molar-refractivity contribution in [3.63, 3.8) is 0 Å². The van der Waals surface area contributed by atoms with Gasteiger partial charge in [-0.15, -0.1) is 0 Å². The van der Waals surface area contributed by atoms with Gasteiger partial charge in [0, 0.05) is 7.11 Å². The summed E-state index contributed by atoms with van der Waals surface area (Å²) in [5.74, 6) is 0.280. The van der Waals surface area contributed by atoms with Crippen LogP contribution >= 0.6 is 0 Å². The number of methoxy groups -OCH3 is 1. The summed E-state index contributed by atoms with van der Waals surface area (Å²) in [4.78, 5) is 0. The number of sulfone groups is 1. The van der Waals surface area contributed by atoms with Gasteiger partial charge >= 0.3 is 0 Å². The Balaban J connectivity index is 2.40. The molecule has 1 aliphatic rings. The van der Waals surface area contributed by atoms with Crippen molar-refractivity contribution in [1.82, 2.24) is 0 Å². The zero-order chi connectivity index (χ0) is 12.4. The maximum atomic E-state index is 11.3. The van der Waals surface area contributed by atoms with E-state index in [1.165, 1.54) is 0 Å². The fraction of sp³-hybridized carbons (Fsp3) is 1.00. The lowest BCUT2D eigenvalue weighted by Crippen LogP contribution is -2.28. The first-order valence-electron chi connectivity index (χ1n) is 5.69. The van der Waals surface area contributed by atoms with E-state index >= 15 is 0 Å². The van der Waals surface area contributed by atoms with Crippen LogP contribution < -0.4 is 0 Å². The molecule has 1 N–H and O–H groups in total. The highest BCUT2D eigenvalue weighted by Gasteiger charge is 2.33.